The van der Waals surface area contributed by atoms with Crippen LogP contribution in [-0.2, 0) is 0 Å². The van der Waals surface area contributed by atoms with Crippen LogP contribution in [-0.4, -0.2) is 32.9 Å². The van der Waals surface area contributed by atoms with Crippen molar-refractivity contribution in [1.82, 2.24) is 10.1 Å². The van der Waals surface area contributed by atoms with Crippen LogP contribution in [0, 0.1) is 0 Å². The summed E-state index contributed by atoms with van der Waals surface area (Å²) in [6, 6.07) is 0. The van der Waals surface area contributed by atoms with Gasteiger partial charge in [-0.1, -0.05) is 0 Å². The van der Waals surface area contributed by atoms with Crippen LogP contribution in [0.3, 0.4) is 0 Å². The van der Waals surface area contributed by atoms with Crippen molar-refractivity contribution in [3.8, 4) is 0 Å². The van der Waals surface area contributed by atoms with E-state index in [1.54, 1.807) is 0 Å². The number of aromatic carboxylic acids is 1. The highest BCUT2D eigenvalue weighted by atomic mass is 16.5. The lowest BCUT2D eigenvalue weighted by molar-refractivity contribution is 0.0680. The highest BCUT2D eigenvalue weighted by molar-refractivity contribution is 5.82. The Hall–Kier alpha value is -1.47. The van der Waals surface area contributed by atoms with Gasteiger partial charge in [0.15, 0.2) is 0 Å². The van der Waals surface area contributed by atoms with Gasteiger partial charge in [-0.2, -0.15) is 4.98 Å². The highest BCUT2D eigenvalue weighted by Crippen LogP contribution is 2.12. The first-order valence-corrected chi connectivity index (χ1v) is 3.60. The summed E-state index contributed by atoms with van der Waals surface area (Å²) in [6.07, 6.45) is -0.744. The zero-order valence-corrected chi connectivity index (χ0v) is 6.67. The molecule has 13 heavy (non-hydrogen) atoms. The van der Waals surface area contributed by atoms with Gasteiger partial charge in [-0.25, -0.2) is 4.79 Å². The molecule has 1 aromatic heterocycles. The minimum absolute atomic E-state index is 0.122. The average molecular weight is 187 g/mol. The Balaban J connectivity index is 2.73. The molecule has 72 valence electrons. The predicted molar refractivity (Wildman–Crippen MR) is 39.9 cm³/mol. The maximum Gasteiger partial charge on any atom is 0.377 e. The molecule has 4 N–H and O–H groups in total. The third kappa shape index (κ3) is 2.23. The van der Waals surface area contributed by atoms with Crippen LogP contribution < -0.4 is 5.73 Å². The van der Waals surface area contributed by atoms with E-state index in [-0.39, 0.29) is 18.9 Å². The summed E-state index contributed by atoms with van der Waals surface area (Å²) >= 11 is 0. The number of aliphatic hydroxyl groups excluding tert-OH is 1. The zero-order valence-electron chi connectivity index (χ0n) is 6.67. The van der Waals surface area contributed by atoms with Crippen LogP contribution in [0.5, 0.6) is 0 Å². The second-order valence-corrected chi connectivity index (χ2v) is 2.35. The molecule has 0 aliphatic carbocycles. The van der Waals surface area contributed by atoms with Gasteiger partial charge in [0.05, 0.1) is 0 Å². The Bertz CT molecular complexity index is 298. The van der Waals surface area contributed by atoms with E-state index in [0.717, 1.165) is 0 Å². The summed E-state index contributed by atoms with van der Waals surface area (Å²) in [4.78, 5) is 13.7. The number of carbonyl (C=O) groups is 1. The molecular formula is C6H9N3O4. The Morgan fingerprint density at radius 1 is 1.69 bits per heavy atom. The van der Waals surface area contributed by atoms with Crippen molar-refractivity contribution in [1.29, 1.82) is 0 Å². The molecule has 0 spiro atoms. The molecule has 1 rings (SSSR count). The van der Waals surface area contributed by atoms with Gasteiger partial charge in [0.2, 0.25) is 0 Å². The standard InChI is InChI=1S/C6H9N3O4/c7-2-1-3(10)5-8-4(6(11)12)9-13-5/h3,10H,1-2,7H2,(H,11,12). The summed E-state index contributed by atoms with van der Waals surface area (Å²) in [5.74, 6) is -1.89. The fourth-order valence-electron chi connectivity index (χ4n) is 0.739. The number of carboxylic acid groups (broad SMARTS) is 1. The molecule has 0 aromatic carbocycles. The topological polar surface area (TPSA) is 122 Å². The van der Waals surface area contributed by atoms with Gasteiger partial charge in [-0.3, -0.25) is 0 Å². The van der Waals surface area contributed by atoms with Crippen molar-refractivity contribution in [2.45, 2.75) is 12.5 Å². The fraction of sp³-hybridized carbons (Fsp3) is 0.500. The van der Waals surface area contributed by atoms with Gasteiger partial charge < -0.3 is 20.5 Å². The molecule has 0 saturated heterocycles. The molecule has 0 amide bonds. The third-order valence-corrected chi connectivity index (χ3v) is 1.36. The minimum Gasteiger partial charge on any atom is -0.475 e. The molecule has 0 fully saturated rings. The molecule has 7 nitrogen and oxygen atoms in total. The fourth-order valence-corrected chi connectivity index (χ4v) is 0.739. The molecule has 0 aliphatic heterocycles. The van der Waals surface area contributed by atoms with Crippen LogP contribution in [0.2, 0.25) is 0 Å². The van der Waals surface area contributed by atoms with Gasteiger partial charge in [0, 0.05) is 0 Å². The van der Waals surface area contributed by atoms with E-state index < -0.39 is 17.9 Å². The van der Waals surface area contributed by atoms with Gasteiger partial charge in [0.1, 0.15) is 6.10 Å². The van der Waals surface area contributed by atoms with Crippen molar-refractivity contribution in [3.05, 3.63) is 11.7 Å². The second-order valence-electron chi connectivity index (χ2n) is 2.35. The molecule has 0 saturated carbocycles. The zero-order chi connectivity index (χ0) is 9.84. The average Bonchev–Trinajstić information content (AvgIpc) is 2.52. The normalized spacial score (nSPS) is 12.8. The molecule has 1 unspecified atom stereocenters. The lowest BCUT2D eigenvalue weighted by Gasteiger charge is -2.00. The number of rotatable bonds is 4. The number of hydrogen-bond acceptors (Lipinski definition) is 6. The first-order valence-electron chi connectivity index (χ1n) is 3.60. The van der Waals surface area contributed by atoms with E-state index >= 15 is 0 Å². The van der Waals surface area contributed by atoms with Crippen molar-refractivity contribution >= 4 is 5.97 Å². The van der Waals surface area contributed by atoms with E-state index in [4.69, 9.17) is 10.8 Å². The van der Waals surface area contributed by atoms with Crippen LogP contribution in [0.1, 0.15) is 29.0 Å². The molecule has 1 aromatic rings. The van der Waals surface area contributed by atoms with E-state index in [9.17, 15) is 9.90 Å². The van der Waals surface area contributed by atoms with Crippen molar-refractivity contribution < 1.29 is 19.5 Å². The number of hydrogen-bond donors (Lipinski definition) is 3. The number of nitrogens with zero attached hydrogens (tertiary/aromatic N) is 2. The Labute approximate surface area is 73.2 Å². The summed E-state index contributed by atoms with van der Waals surface area (Å²) in [7, 11) is 0. The van der Waals surface area contributed by atoms with Crippen LogP contribution >= 0.6 is 0 Å². The maximum atomic E-state index is 10.3. The van der Waals surface area contributed by atoms with Crippen molar-refractivity contribution in [2.24, 2.45) is 5.73 Å². The monoisotopic (exact) mass is 187 g/mol. The summed E-state index contributed by atoms with van der Waals surface area (Å²) in [6.45, 7) is 0.256. The van der Waals surface area contributed by atoms with Crippen LogP contribution in [0.15, 0.2) is 4.52 Å². The molecule has 0 bridgehead atoms. The molecule has 1 atom stereocenters. The third-order valence-electron chi connectivity index (χ3n) is 1.36. The van der Waals surface area contributed by atoms with Gasteiger partial charge in [-0.05, 0) is 18.1 Å². The SMILES string of the molecule is NCCC(O)c1nc(C(=O)O)no1. The van der Waals surface area contributed by atoms with Crippen LogP contribution in [0.25, 0.3) is 0 Å². The largest absolute Gasteiger partial charge is 0.475 e. The number of aromatic nitrogens is 2. The Morgan fingerprint density at radius 2 is 2.38 bits per heavy atom. The van der Waals surface area contributed by atoms with E-state index in [2.05, 4.69) is 14.7 Å². The molecule has 0 radical (unpaired) electrons. The van der Waals surface area contributed by atoms with Crippen molar-refractivity contribution in [3.63, 3.8) is 0 Å². The number of nitrogens with two attached hydrogens (primary N) is 1. The lowest BCUT2D eigenvalue weighted by atomic mass is 10.2. The van der Waals surface area contributed by atoms with Gasteiger partial charge in [0.25, 0.3) is 11.7 Å². The summed E-state index contributed by atoms with van der Waals surface area (Å²) < 4.78 is 4.49. The second kappa shape index (κ2) is 3.97. The molecule has 7 heteroatoms. The smallest absolute Gasteiger partial charge is 0.377 e. The number of carboxylic acids is 1. The number of aliphatic hydroxyl groups is 1. The maximum absolute atomic E-state index is 10.3. The summed E-state index contributed by atoms with van der Waals surface area (Å²) in [5.41, 5.74) is 5.17. The first-order chi connectivity index (χ1) is 6.15. The molecule has 0 aliphatic rings. The van der Waals surface area contributed by atoms with E-state index in [1.807, 2.05) is 0 Å². The molecule has 1 heterocycles. The lowest BCUT2D eigenvalue weighted by Crippen LogP contribution is -2.07. The summed E-state index contributed by atoms with van der Waals surface area (Å²) in [5, 5.41) is 20.8. The van der Waals surface area contributed by atoms with Crippen molar-refractivity contribution in [2.75, 3.05) is 6.54 Å². The Morgan fingerprint density at radius 3 is 2.85 bits per heavy atom. The Kier molecular flexibility index (Phi) is 2.93. The van der Waals surface area contributed by atoms with Crippen LogP contribution in [0.4, 0.5) is 0 Å². The van der Waals surface area contributed by atoms with E-state index in [0.29, 0.717) is 0 Å². The van der Waals surface area contributed by atoms with E-state index in [1.165, 1.54) is 0 Å². The predicted octanol–water partition coefficient (Wildman–Crippen LogP) is -0.850. The first kappa shape index (κ1) is 9.62. The molecular weight excluding hydrogens is 178 g/mol. The van der Waals surface area contributed by atoms with Gasteiger partial charge >= 0.3 is 5.97 Å². The highest BCUT2D eigenvalue weighted by Gasteiger charge is 2.18. The minimum atomic E-state index is -1.30. The van der Waals surface area contributed by atoms with Gasteiger partial charge in [-0.15, -0.1) is 0 Å². The quantitative estimate of drug-likeness (QED) is 0.561.